The van der Waals surface area contributed by atoms with Crippen LogP contribution < -0.4 is 0 Å². The summed E-state index contributed by atoms with van der Waals surface area (Å²) in [7, 11) is 0. The van der Waals surface area contributed by atoms with Crippen molar-refractivity contribution in [2.45, 2.75) is 23.9 Å². The Morgan fingerprint density at radius 2 is 1.52 bits per heavy atom. The van der Waals surface area contributed by atoms with Crippen LogP contribution in [0.4, 0.5) is 0 Å². The highest BCUT2D eigenvalue weighted by Crippen LogP contribution is 2.46. The van der Waals surface area contributed by atoms with Crippen LogP contribution in [0.25, 0.3) is 0 Å². The minimum atomic E-state index is -1.14. The number of hydrogen-bond acceptors (Lipinski definition) is 6. The lowest BCUT2D eigenvalue weighted by molar-refractivity contribution is -0.0486. The minimum Gasteiger partial charge on any atom is -0.459 e. The number of esters is 2. The smallest absolute Gasteiger partial charge is 0.338 e. The Balaban J connectivity index is 1.41. The molecule has 1 aliphatic carbocycles. The molecule has 0 unspecified atom stereocenters. The summed E-state index contributed by atoms with van der Waals surface area (Å²) in [5.74, 6) is -1.04. The second-order valence-electron chi connectivity index (χ2n) is 6.50. The van der Waals surface area contributed by atoms with Crippen LogP contribution in [0.15, 0.2) is 72.8 Å². The van der Waals surface area contributed by atoms with Crippen molar-refractivity contribution in [3.8, 4) is 0 Å². The average Bonchev–Trinajstić information content (AvgIpc) is 3.45. The summed E-state index contributed by atoms with van der Waals surface area (Å²) in [6, 6.07) is 17.1. The van der Waals surface area contributed by atoms with Crippen LogP contribution in [0.1, 0.15) is 20.7 Å². The van der Waals surface area contributed by atoms with Gasteiger partial charge in [0.15, 0.2) is 5.60 Å². The fraction of sp³-hybridized carbons (Fsp3) is 0.238. The molecule has 1 saturated heterocycles. The lowest BCUT2D eigenvalue weighted by Crippen LogP contribution is -2.48. The molecule has 0 aromatic heterocycles. The van der Waals surface area contributed by atoms with Crippen molar-refractivity contribution < 1.29 is 28.9 Å². The quantitative estimate of drug-likeness (QED) is 0.496. The Morgan fingerprint density at radius 3 is 2.15 bits per heavy atom. The third kappa shape index (κ3) is 3.37. The number of aliphatic hydroxyl groups excluding tert-OH is 1. The van der Waals surface area contributed by atoms with E-state index in [1.165, 1.54) is 0 Å². The van der Waals surface area contributed by atoms with Crippen molar-refractivity contribution in [2.75, 3.05) is 6.61 Å². The molecule has 6 heteroatoms. The summed E-state index contributed by atoms with van der Waals surface area (Å²) in [4.78, 5) is 24.4. The molecule has 2 aromatic rings. The van der Waals surface area contributed by atoms with Gasteiger partial charge in [-0.3, -0.25) is 0 Å². The van der Waals surface area contributed by atoms with Crippen LogP contribution in [0.3, 0.4) is 0 Å². The first-order chi connectivity index (χ1) is 13.1. The van der Waals surface area contributed by atoms with Gasteiger partial charge in [0.2, 0.25) is 0 Å². The van der Waals surface area contributed by atoms with Crippen LogP contribution >= 0.6 is 0 Å². The molecule has 1 aliphatic heterocycles. The molecule has 6 nitrogen and oxygen atoms in total. The molecule has 2 aromatic carbocycles. The maximum atomic E-state index is 12.2. The summed E-state index contributed by atoms with van der Waals surface area (Å²) in [6.45, 7) is -0.129. The molecule has 4 atom stereocenters. The Hall–Kier alpha value is -2.96. The maximum absolute atomic E-state index is 12.2. The van der Waals surface area contributed by atoms with Crippen molar-refractivity contribution in [3.05, 3.63) is 83.9 Å². The highest BCUT2D eigenvalue weighted by atomic mass is 16.7. The van der Waals surface area contributed by atoms with Crippen molar-refractivity contribution in [1.82, 2.24) is 0 Å². The summed E-state index contributed by atoms with van der Waals surface area (Å²) in [5, 5.41) is 10.7. The predicted octanol–water partition coefficient (Wildman–Crippen LogP) is 2.14. The largest absolute Gasteiger partial charge is 0.459 e. The van der Waals surface area contributed by atoms with Crippen LogP contribution in [0.2, 0.25) is 0 Å². The lowest BCUT2D eigenvalue weighted by atomic mass is 9.89. The Kier molecular flexibility index (Phi) is 4.51. The molecule has 2 aliphatic rings. The van der Waals surface area contributed by atoms with Crippen LogP contribution in [-0.2, 0) is 14.2 Å². The Morgan fingerprint density at radius 1 is 0.926 bits per heavy atom. The van der Waals surface area contributed by atoms with E-state index in [1.807, 2.05) is 0 Å². The van der Waals surface area contributed by atoms with Crippen molar-refractivity contribution in [2.24, 2.45) is 0 Å². The molecule has 0 spiro atoms. The van der Waals surface area contributed by atoms with E-state index in [2.05, 4.69) is 0 Å². The zero-order valence-corrected chi connectivity index (χ0v) is 14.4. The minimum absolute atomic E-state index is 0.129. The van der Waals surface area contributed by atoms with Gasteiger partial charge in [0.25, 0.3) is 0 Å². The van der Waals surface area contributed by atoms with E-state index in [0.717, 1.165) is 0 Å². The SMILES string of the molecule is O=C(OC[C@]12O[C@H]1C=C[C@H](OC(=O)c1ccccc1)[C@H]2O)c1ccccc1. The van der Waals surface area contributed by atoms with Gasteiger partial charge in [-0.1, -0.05) is 42.5 Å². The van der Waals surface area contributed by atoms with E-state index < -0.39 is 29.7 Å². The number of hydrogen-bond donors (Lipinski definition) is 1. The molecule has 27 heavy (non-hydrogen) atoms. The molecule has 0 amide bonds. The van der Waals surface area contributed by atoms with E-state index in [1.54, 1.807) is 72.8 Å². The van der Waals surface area contributed by atoms with Gasteiger partial charge in [-0.25, -0.2) is 9.59 Å². The van der Waals surface area contributed by atoms with E-state index in [-0.39, 0.29) is 12.7 Å². The van der Waals surface area contributed by atoms with Gasteiger partial charge >= 0.3 is 11.9 Å². The summed E-state index contributed by atoms with van der Waals surface area (Å²) >= 11 is 0. The van der Waals surface area contributed by atoms with Gasteiger partial charge in [0.05, 0.1) is 11.1 Å². The number of ether oxygens (including phenoxy) is 3. The van der Waals surface area contributed by atoms with E-state index in [4.69, 9.17) is 14.2 Å². The Labute approximate surface area is 156 Å². The third-order valence-electron chi connectivity index (χ3n) is 4.75. The molecular formula is C21H18O6. The number of fused-ring (bicyclic) bond motifs is 1. The zero-order valence-electron chi connectivity index (χ0n) is 14.4. The molecule has 4 rings (SSSR count). The fourth-order valence-electron chi connectivity index (χ4n) is 3.14. The number of benzene rings is 2. The van der Waals surface area contributed by atoms with Crippen LogP contribution in [0.5, 0.6) is 0 Å². The molecule has 138 valence electrons. The first kappa shape index (κ1) is 17.5. The number of epoxide rings is 1. The first-order valence-corrected chi connectivity index (χ1v) is 8.62. The van der Waals surface area contributed by atoms with Gasteiger partial charge in [-0.2, -0.15) is 0 Å². The van der Waals surface area contributed by atoms with Crippen molar-refractivity contribution in [1.29, 1.82) is 0 Å². The number of carbonyl (C=O) groups is 2. The highest BCUT2D eigenvalue weighted by Gasteiger charge is 2.65. The van der Waals surface area contributed by atoms with Gasteiger partial charge in [-0.05, 0) is 30.3 Å². The molecular weight excluding hydrogens is 348 g/mol. The first-order valence-electron chi connectivity index (χ1n) is 8.62. The number of aliphatic hydroxyl groups is 1. The van der Waals surface area contributed by atoms with Crippen LogP contribution in [-0.4, -0.2) is 47.6 Å². The van der Waals surface area contributed by atoms with E-state index in [0.29, 0.717) is 11.1 Å². The molecule has 0 radical (unpaired) electrons. The second-order valence-corrected chi connectivity index (χ2v) is 6.50. The summed E-state index contributed by atoms with van der Waals surface area (Å²) in [6.07, 6.45) is 0.922. The average molecular weight is 366 g/mol. The van der Waals surface area contributed by atoms with Crippen LogP contribution in [0, 0.1) is 0 Å². The topological polar surface area (TPSA) is 85.4 Å². The van der Waals surface area contributed by atoms with Gasteiger partial charge in [0.1, 0.15) is 24.9 Å². The monoisotopic (exact) mass is 366 g/mol. The summed E-state index contributed by atoms with van der Waals surface area (Å²) < 4.78 is 16.3. The molecule has 1 N–H and O–H groups in total. The lowest BCUT2D eigenvalue weighted by Gasteiger charge is -2.28. The molecule has 1 fully saturated rings. The van der Waals surface area contributed by atoms with E-state index >= 15 is 0 Å². The van der Waals surface area contributed by atoms with Gasteiger partial charge < -0.3 is 19.3 Å². The van der Waals surface area contributed by atoms with Gasteiger partial charge in [-0.15, -0.1) is 0 Å². The molecule has 0 bridgehead atoms. The highest BCUT2D eigenvalue weighted by molar-refractivity contribution is 5.90. The third-order valence-corrected chi connectivity index (χ3v) is 4.75. The summed E-state index contributed by atoms with van der Waals surface area (Å²) in [5.41, 5.74) is -0.277. The number of rotatable bonds is 5. The molecule has 0 saturated carbocycles. The maximum Gasteiger partial charge on any atom is 0.338 e. The van der Waals surface area contributed by atoms with E-state index in [9.17, 15) is 14.7 Å². The Bertz CT molecular complexity index is 863. The molecule has 1 heterocycles. The van der Waals surface area contributed by atoms with Crippen molar-refractivity contribution in [3.63, 3.8) is 0 Å². The second kappa shape index (κ2) is 6.98. The zero-order chi connectivity index (χ0) is 18.9. The van der Waals surface area contributed by atoms with Crippen molar-refractivity contribution >= 4 is 11.9 Å². The normalized spacial score (nSPS) is 28.1. The fourth-order valence-corrected chi connectivity index (χ4v) is 3.14. The standard InChI is InChI=1S/C21H18O6/c22-18-16(26-20(24)15-9-5-2-6-10-15)11-12-17-21(18,27-17)13-25-19(23)14-7-3-1-4-8-14/h1-12,16-18,22H,13H2/t16-,17-,18+,21-/m0/s1. The predicted molar refractivity (Wildman–Crippen MR) is 95.1 cm³/mol. The number of carbonyl (C=O) groups excluding carboxylic acids is 2. The van der Waals surface area contributed by atoms with Gasteiger partial charge in [0, 0.05) is 0 Å².